The normalized spacial score (nSPS) is 16.8. The van der Waals surface area contributed by atoms with Crippen LogP contribution in [0, 0.1) is 11.6 Å². The van der Waals surface area contributed by atoms with Crippen LogP contribution in [0.3, 0.4) is 0 Å². The fourth-order valence-electron chi connectivity index (χ4n) is 4.42. The van der Waals surface area contributed by atoms with Crippen LogP contribution < -0.4 is 14.4 Å². The number of carboxylic acid groups (broad SMARTS) is 1. The number of ether oxygens (including phenoxy) is 2. The molecule has 0 bridgehead atoms. The van der Waals surface area contributed by atoms with E-state index in [2.05, 4.69) is 15.2 Å². The molecule has 0 saturated carbocycles. The van der Waals surface area contributed by atoms with Crippen LogP contribution in [0.5, 0.6) is 11.5 Å². The third-order valence-corrected chi connectivity index (χ3v) is 5.88. The van der Waals surface area contributed by atoms with E-state index in [0.717, 1.165) is 4.90 Å². The minimum Gasteiger partial charge on any atom is -0.493 e. The van der Waals surface area contributed by atoms with E-state index in [0.29, 0.717) is 11.3 Å². The Hall–Kier alpha value is -4.28. The summed E-state index contributed by atoms with van der Waals surface area (Å²) in [6, 6.07) is 7.01. The summed E-state index contributed by atoms with van der Waals surface area (Å²) < 4.78 is 42.6. The molecule has 4 aromatic rings. The molecule has 6 rings (SSSR count). The predicted octanol–water partition coefficient (Wildman–Crippen LogP) is 3.62. The van der Waals surface area contributed by atoms with Crippen LogP contribution in [0.15, 0.2) is 42.9 Å². The Labute approximate surface area is 184 Å². The van der Waals surface area contributed by atoms with Crippen LogP contribution in [0.2, 0.25) is 0 Å². The molecule has 1 aromatic carbocycles. The molecule has 166 valence electrons. The molecule has 0 unspecified atom stereocenters. The number of benzene rings is 1. The minimum absolute atomic E-state index is 0.0180. The summed E-state index contributed by atoms with van der Waals surface area (Å²) in [7, 11) is 0. The van der Waals surface area contributed by atoms with Crippen molar-refractivity contribution in [3.63, 3.8) is 0 Å². The van der Waals surface area contributed by atoms with E-state index in [1.807, 2.05) is 0 Å². The first-order valence-electron chi connectivity index (χ1n) is 10.1. The van der Waals surface area contributed by atoms with E-state index < -0.39 is 17.7 Å². The molecular weight excluding hydrogens is 436 g/mol. The second-order valence-corrected chi connectivity index (χ2v) is 7.73. The van der Waals surface area contributed by atoms with Gasteiger partial charge >= 0.3 is 6.09 Å². The molecule has 1 N–H and O–H groups in total. The Morgan fingerprint density at radius 1 is 1.12 bits per heavy atom. The zero-order valence-corrected chi connectivity index (χ0v) is 16.9. The van der Waals surface area contributed by atoms with Crippen molar-refractivity contribution in [2.75, 3.05) is 18.1 Å². The highest BCUT2D eigenvalue weighted by Crippen LogP contribution is 2.43. The van der Waals surface area contributed by atoms with Gasteiger partial charge in [0, 0.05) is 17.3 Å². The van der Waals surface area contributed by atoms with E-state index in [1.54, 1.807) is 0 Å². The lowest BCUT2D eigenvalue weighted by molar-refractivity contribution is 0.200. The number of aromatic nitrogens is 4. The number of carbonyl (C=O) groups is 1. The zero-order valence-electron chi connectivity index (χ0n) is 16.9. The molecule has 2 aliphatic heterocycles. The summed E-state index contributed by atoms with van der Waals surface area (Å²) in [5.41, 5.74) is 1.28. The molecule has 0 radical (unpaired) electrons. The number of halogens is 2. The second-order valence-electron chi connectivity index (χ2n) is 7.73. The first-order valence-corrected chi connectivity index (χ1v) is 10.1. The second kappa shape index (κ2) is 7.12. The predicted molar refractivity (Wildman–Crippen MR) is 111 cm³/mol. The molecule has 3 aromatic heterocycles. The van der Waals surface area contributed by atoms with E-state index in [9.17, 15) is 18.7 Å². The number of anilines is 1. The average Bonchev–Trinajstić information content (AvgIpc) is 3.45. The zero-order chi connectivity index (χ0) is 22.7. The highest BCUT2D eigenvalue weighted by molar-refractivity contribution is 5.90. The molecule has 11 heteroatoms. The lowest BCUT2D eigenvalue weighted by Crippen LogP contribution is -2.31. The van der Waals surface area contributed by atoms with Gasteiger partial charge in [0.2, 0.25) is 0 Å². The monoisotopic (exact) mass is 451 g/mol. The number of fused-ring (bicyclic) bond motifs is 3. The molecule has 0 spiro atoms. The van der Waals surface area contributed by atoms with E-state index >= 15 is 0 Å². The van der Waals surface area contributed by atoms with Crippen molar-refractivity contribution in [1.29, 1.82) is 0 Å². The molecule has 1 amide bonds. The highest BCUT2D eigenvalue weighted by atomic mass is 19.1. The van der Waals surface area contributed by atoms with E-state index in [1.165, 1.54) is 47.3 Å². The van der Waals surface area contributed by atoms with Gasteiger partial charge in [-0.1, -0.05) is 0 Å². The summed E-state index contributed by atoms with van der Waals surface area (Å²) in [5, 5.41) is 18.0. The van der Waals surface area contributed by atoms with Gasteiger partial charge in [-0.3, -0.25) is 14.3 Å². The molecule has 5 heterocycles. The fourth-order valence-corrected chi connectivity index (χ4v) is 4.42. The summed E-state index contributed by atoms with van der Waals surface area (Å²) in [6.07, 6.45) is 1.41. The number of rotatable bonds is 1. The molecule has 0 aliphatic carbocycles. The van der Waals surface area contributed by atoms with Crippen LogP contribution in [0.25, 0.3) is 16.9 Å². The van der Waals surface area contributed by atoms with E-state index in [-0.39, 0.29) is 59.7 Å². The Morgan fingerprint density at radius 2 is 1.94 bits per heavy atom. The highest BCUT2D eigenvalue weighted by Gasteiger charge is 2.35. The van der Waals surface area contributed by atoms with Crippen molar-refractivity contribution in [2.45, 2.75) is 12.5 Å². The summed E-state index contributed by atoms with van der Waals surface area (Å²) in [6.45, 7) is 0.0810. The van der Waals surface area contributed by atoms with Gasteiger partial charge in [-0.05, 0) is 30.3 Å². The largest absolute Gasteiger partial charge is 0.493 e. The molecule has 33 heavy (non-hydrogen) atoms. The lowest BCUT2D eigenvalue weighted by Gasteiger charge is -2.23. The van der Waals surface area contributed by atoms with Crippen molar-refractivity contribution in [3.8, 4) is 22.8 Å². The van der Waals surface area contributed by atoms with Gasteiger partial charge in [0.15, 0.2) is 17.2 Å². The maximum atomic E-state index is 14.9. The van der Waals surface area contributed by atoms with Gasteiger partial charge < -0.3 is 14.6 Å². The standard InChI is InChI=1S/C22H15F2N5O4/c23-14-3-4-16-18-11(8-32-16)9-33-17-6-12(19-15(24)2-1-5-25-19)20-27-26-10-29(20)21(17)28(22(30)31)7-13(14)18/h1-6,10-11H,7-9H2,(H,30,31)/t11-/m0/s1. The molecule has 1 atom stereocenters. The third-order valence-electron chi connectivity index (χ3n) is 5.88. The smallest absolute Gasteiger partial charge is 0.413 e. The first-order chi connectivity index (χ1) is 16.0. The molecular formula is C22H15F2N5O4. The molecule has 2 aliphatic rings. The number of nitrogens with zero attached hydrogens (tertiary/aromatic N) is 5. The van der Waals surface area contributed by atoms with Crippen LogP contribution in [0.1, 0.15) is 17.0 Å². The minimum atomic E-state index is -1.33. The Balaban J connectivity index is 1.62. The Kier molecular flexibility index (Phi) is 4.19. The summed E-state index contributed by atoms with van der Waals surface area (Å²) in [5.74, 6) is -0.692. The quantitative estimate of drug-likeness (QED) is 0.472. The van der Waals surface area contributed by atoms with Crippen molar-refractivity contribution in [1.82, 2.24) is 19.6 Å². The fraction of sp³-hybridized carbons (Fsp3) is 0.182. The van der Waals surface area contributed by atoms with Crippen LogP contribution >= 0.6 is 0 Å². The van der Waals surface area contributed by atoms with Crippen molar-refractivity contribution in [2.24, 2.45) is 0 Å². The number of hydrogen-bond acceptors (Lipinski definition) is 6. The molecule has 0 fully saturated rings. The number of amides is 1. The van der Waals surface area contributed by atoms with Gasteiger partial charge in [0.05, 0.1) is 31.2 Å². The Morgan fingerprint density at radius 3 is 2.73 bits per heavy atom. The maximum Gasteiger partial charge on any atom is 0.413 e. The van der Waals surface area contributed by atoms with Gasteiger partial charge in [0.1, 0.15) is 29.4 Å². The van der Waals surface area contributed by atoms with Crippen LogP contribution in [0.4, 0.5) is 19.4 Å². The van der Waals surface area contributed by atoms with Gasteiger partial charge in [-0.15, -0.1) is 10.2 Å². The maximum absolute atomic E-state index is 14.9. The van der Waals surface area contributed by atoms with Crippen molar-refractivity contribution >= 4 is 17.6 Å². The van der Waals surface area contributed by atoms with E-state index in [4.69, 9.17) is 9.47 Å². The lowest BCUT2D eigenvalue weighted by atomic mass is 9.95. The molecule has 0 saturated heterocycles. The first kappa shape index (κ1) is 19.4. The number of hydrogen-bond donors (Lipinski definition) is 1. The average molecular weight is 451 g/mol. The SMILES string of the molecule is O=C(O)N1Cc2c(F)ccc3c2[C@@H](CO3)COc2cc(-c3ncccc3F)c3nncn3c21. The Bertz CT molecular complexity index is 1440. The van der Waals surface area contributed by atoms with Crippen molar-refractivity contribution in [3.05, 3.63) is 65.6 Å². The summed E-state index contributed by atoms with van der Waals surface area (Å²) in [4.78, 5) is 17.4. The topological polar surface area (TPSA) is 102 Å². The van der Waals surface area contributed by atoms with Crippen LogP contribution in [-0.2, 0) is 6.54 Å². The van der Waals surface area contributed by atoms with Crippen LogP contribution in [-0.4, -0.2) is 44.0 Å². The van der Waals surface area contributed by atoms with Gasteiger partial charge in [-0.25, -0.2) is 13.6 Å². The third kappa shape index (κ3) is 2.89. The summed E-state index contributed by atoms with van der Waals surface area (Å²) >= 11 is 0. The van der Waals surface area contributed by atoms with Gasteiger partial charge in [0.25, 0.3) is 0 Å². The number of pyridine rings is 2. The molecule has 9 nitrogen and oxygen atoms in total. The van der Waals surface area contributed by atoms with Crippen molar-refractivity contribution < 1.29 is 28.2 Å². The van der Waals surface area contributed by atoms with Gasteiger partial charge in [-0.2, -0.15) is 0 Å².